The van der Waals surface area contributed by atoms with Crippen LogP contribution in [0.4, 0.5) is 11.4 Å². The number of fused-ring (bicyclic) bond motifs is 1. The van der Waals surface area contributed by atoms with Crippen LogP contribution in [0.15, 0.2) is 82.2 Å². The third-order valence-corrected chi connectivity index (χ3v) is 4.86. The lowest BCUT2D eigenvalue weighted by Gasteiger charge is -2.09. The van der Waals surface area contributed by atoms with Gasteiger partial charge in [-0.1, -0.05) is 36.4 Å². The van der Waals surface area contributed by atoms with E-state index < -0.39 is 0 Å². The van der Waals surface area contributed by atoms with Gasteiger partial charge in [-0.25, -0.2) is 4.99 Å². The Morgan fingerprint density at radius 2 is 1.58 bits per heavy atom. The minimum Gasteiger partial charge on any atom is -0.497 e. The molecule has 0 saturated carbocycles. The van der Waals surface area contributed by atoms with Crippen molar-refractivity contribution in [2.24, 2.45) is 4.99 Å². The van der Waals surface area contributed by atoms with Gasteiger partial charge in [-0.15, -0.1) is 0 Å². The molecule has 31 heavy (non-hydrogen) atoms. The summed E-state index contributed by atoms with van der Waals surface area (Å²) in [6, 6.07) is 22.1. The number of carbonyl (C=O) groups is 1. The molecule has 4 rings (SSSR count). The standard InChI is InChI=1S/C25H22N2O4/c1-16-8-4-6-10-22(16)27-24(28)21-12-17-9-5-7-11-23(17)31-25(21)26-18-13-19(29-2)15-20(14-18)30-3/h4-15H,1-3H3,(H,27,28). The molecule has 0 unspecified atom stereocenters. The predicted molar refractivity (Wildman–Crippen MR) is 120 cm³/mol. The van der Waals surface area contributed by atoms with E-state index in [0.717, 1.165) is 16.6 Å². The molecule has 4 aromatic rings. The zero-order valence-corrected chi connectivity index (χ0v) is 17.5. The van der Waals surface area contributed by atoms with Crippen molar-refractivity contribution < 1.29 is 18.7 Å². The molecule has 0 aliphatic rings. The lowest BCUT2D eigenvalue weighted by molar-refractivity contribution is 0.102. The number of nitrogens with one attached hydrogen (secondary N) is 1. The Balaban J connectivity index is 1.87. The van der Waals surface area contributed by atoms with Crippen molar-refractivity contribution in [3.8, 4) is 11.5 Å². The minimum absolute atomic E-state index is 0.195. The molecule has 6 nitrogen and oxygen atoms in total. The van der Waals surface area contributed by atoms with Gasteiger partial charge >= 0.3 is 0 Å². The van der Waals surface area contributed by atoms with Crippen molar-refractivity contribution in [2.75, 3.05) is 19.5 Å². The molecule has 3 aromatic carbocycles. The molecule has 0 atom stereocenters. The first-order valence-electron chi connectivity index (χ1n) is 9.75. The van der Waals surface area contributed by atoms with Crippen molar-refractivity contribution in [1.82, 2.24) is 0 Å². The quantitative estimate of drug-likeness (QED) is 0.484. The molecule has 6 heteroatoms. The van der Waals surface area contributed by atoms with E-state index in [-0.39, 0.29) is 11.5 Å². The summed E-state index contributed by atoms with van der Waals surface area (Å²) in [6.07, 6.45) is 0. The van der Waals surface area contributed by atoms with E-state index in [9.17, 15) is 4.79 Å². The fourth-order valence-electron chi connectivity index (χ4n) is 3.19. The Labute approximate surface area is 179 Å². The normalized spacial score (nSPS) is 11.4. The molecule has 0 fully saturated rings. The number of hydrogen-bond donors (Lipinski definition) is 1. The first kappa shape index (κ1) is 20.2. The van der Waals surface area contributed by atoms with Crippen LogP contribution in [0.3, 0.4) is 0 Å². The zero-order valence-electron chi connectivity index (χ0n) is 17.5. The Kier molecular flexibility index (Phi) is 5.71. The molecule has 0 aliphatic heterocycles. The fraction of sp³-hybridized carbons (Fsp3) is 0.120. The number of amides is 1. The van der Waals surface area contributed by atoms with Crippen molar-refractivity contribution in [3.05, 3.63) is 89.5 Å². The first-order valence-corrected chi connectivity index (χ1v) is 9.75. The highest BCUT2D eigenvalue weighted by Gasteiger charge is 2.14. The summed E-state index contributed by atoms with van der Waals surface area (Å²) in [7, 11) is 3.14. The maximum absolute atomic E-state index is 13.2. The monoisotopic (exact) mass is 414 g/mol. The summed E-state index contributed by atoms with van der Waals surface area (Å²) in [4.78, 5) is 17.8. The molecule has 1 N–H and O–H groups in total. The van der Waals surface area contributed by atoms with E-state index in [1.54, 1.807) is 38.5 Å². The number of benzene rings is 3. The van der Waals surface area contributed by atoms with Gasteiger partial charge in [0.1, 0.15) is 22.6 Å². The molecule has 1 aromatic heterocycles. The van der Waals surface area contributed by atoms with E-state index in [1.165, 1.54) is 0 Å². The third-order valence-electron chi connectivity index (χ3n) is 4.86. The number of hydrogen-bond acceptors (Lipinski definition) is 5. The van der Waals surface area contributed by atoms with Gasteiger partial charge in [-0.05, 0) is 30.7 Å². The number of anilines is 1. The van der Waals surface area contributed by atoms with Crippen LogP contribution in [0.5, 0.6) is 11.5 Å². The maximum Gasteiger partial charge on any atom is 0.261 e. The SMILES string of the molecule is COc1cc(N=c2oc3ccccc3cc2C(=O)Nc2ccccc2C)cc(OC)c1. The van der Waals surface area contributed by atoms with Crippen molar-refractivity contribution in [2.45, 2.75) is 6.92 Å². The highest BCUT2D eigenvalue weighted by molar-refractivity contribution is 6.05. The molecular formula is C25H22N2O4. The number of aryl methyl sites for hydroxylation is 1. The zero-order chi connectivity index (χ0) is 21.8. The predicted octanol–water partition coefficient (Wildman–Crippen LogP) is 5.24. The molecule has 1 heterocycles. The van der Waals surface area contributed by atoms with Crippen molar-refractivity contribution >= 4 is 28.3 Å². The lowest BCUT2D eigenvalue weighted by atomic mass is 10.1. The lowest BCUT2D eigenvalue weighted by Crippen LogP contribution is -2.22. The van der Waals surface area contributed by atoms with E-state index in [4.69, 9.17) is 13.9 Å². The van der Waals surface area contributed by atoms with Crippen LogP contribution in [0.2, 0.25) is 0 Å². The Bertz CT molecular complexity index is 1300. The van der Waals surface area contributed by atoms with Gasteiger partial charge in [0.2, 0.25) is 5.55 Å². The summed E-state index contributed by atoms with van der Waals surface area (Å²) in [5.41, 5.74) is 3.38. The van der Waals surface area contributed by atoms with Crippen LogP contribution >= 0.6 is 0 Å². The second-order valence-electron chi connectivity index (χ2n) is 6.95. The first-order chi connectivity index (χ1) is 15.1. The van der Waals surface area contributed by atoms with Crippen LogP contribution in [-0.4, -0.2) is 20.1 Å². The van der Waals surface area contributed by atoms with Crippen LogP contribution in [0.25, 0.3) is 11.0 Å². The second kappa shape index (κ2) is 8.75. The van der Waals surface area contributed by atoms with Crippen molar-refractivity contribution in [1.29, 1.82) is 0 Å². The Hall–Kier alpha value is -4.06. The highest BCUT2D eigenvalue weighted by atomic mass is 16.5. The number of carbonyl (C=O) groups excluding carboxylic acids is 1. The number of para-hydroxylation sites is 2. The van der Waals surface area contributed by atoms with Gasteiger partial charge in [0.15, 0.2) is 0 Å². The topological polar surface area (TPSA) is 73.1 Å². The van der Waals surface area contributed by atoms with Crippen LogP contribution < -0.4 is 20.3 Å². The summed E-state index contributed by atoms with van der Waals surface area (Å²) >= 11 is 0. The minimum atomic E-state index is -0.308. The molecule has 0 aliphatic carbocycles. The molecule has 0 spiro atoms. The second-order valence-corrected chi connectivity index (χ2v) is 6.95. The summed E-state index contributed by atoms with van der Waals surface area (Å²) < 4.78 is 16.7. The summed E-state index contributed by atoms with van der Waals surface area (Å²) in [5.74, 6) is 0.868. The molecule has 0 bridgehead atoms. The van der Waals surface area contributed by atoms with Gasteiger partial charge in [0, 0.05) is 29.3 Å². The van der Waals surface area contributed by atoms with Gasteiger partial charge in [-0.3, -0.25) is 4.79 Å². The Morgan fingerprint density at radius 3 is 2.29 bits per heavy atom. The smallest absolute Gasteiger partial charge is 0.261 e. The summed E-state index contributed by atoms with van der Waals surface area (Å²) in [5, 5.41) is 3.76. The molecule has 156 valence electrons. The molecule has 1 amide bonds. The van der Waals surface area contributed by atoms with E-state index in [2.05, 4.69) is 10.3 Å². The van der Waals surface area contributed by atoms with Crippen LogP contribution in [0.1, 0.15) is 15.9 Å². The van der Waals surface area contributed by atoms with Gasteiger partial charge < -0.3 is 19.2 Å². The third kappa shape index (κ3) is 4.43. The summed E-state index contributed by atoms with van der Waals surface area (Å²) in [6.45, 7) is 1.94. The van der Waals surface area contributed by atoms with Crippen LogP contribution in [-0.2, 0) is 0 Å². The van der Waals surface area contributed by atoms with E-state index in [1.807, 2.05) is 55.5 Å². The number of nitrogens with zero attached hydrogens (tertiary/aromatic N) is 1. The van der Waals surface area contributed by atoms with E-state index >= 15 is 0 Å². The largest absolute Gasteiger partial charge is 0.497 e. The van der Waals surface area contributed by atoms with Crippen molar-refractivity contribution in [3.63, 3.8) is 0 Å². The van der Waals surface area contributed by atoms with E-state index in [0.29, 0.717) is 28.3 Å². The average Bonchev–Trinajstić information content (AvgIpc) is 2.79. The Morgan fingerprint density at radius 1 is 0.903 bits per heavy atom. The van der Waals surface area contributed by atoms with Crippen LogP contribution in [0, 0.1) is 6.92 Å². The number of ether oxygens (including phenoxy) is 2. The fourth-order valence-corrected chi connectivity index (χ4v) is 3.19. The highest BCUT2D eigenvalue weighted by Crippen LogP contribution is 2.27. The van der Waals surface area contributed by atoms with Gasteiger partial charge in [0.25, 0.3) is 5.91 Å². The molecule has 0 radical (unpaired) electrons. The maximum atomic E-state index is 13.2. The van der Waals surface area contributed by atoms with Gasteiger partial charge in [-0.2, -0.15) is 0 Å². The average molecular weight is 414 g/mol. The molecule has 0 saturated heterocycles. The molecular weight excluding hydrogens is 392 g/mol. The van der Waals surface area contributed by atoms with Gasteiger partial charge in [0.05, 0.1) is 19.9 Å². The number of methoxy groups -OCH3 is 2. The number of rotatable bonds is 5.